The largest absolute Gasteiger partial charge is 0.326 e. The number of hydrogen-bond donors (Lipinski definition) is 1. The van der Waals surface area contributed by atoms with Gasteiger partial charge >= 0.3 is 0 Å². The molecule has 15 heavy (non-hydrogen) atoms. The van der Waals surface area contributed by atoms with E-state index in [0.717, 1.165) is 9.26 Å². The minimum absolute atomic E-state index is 0.0189. The molecule has 3 nitrogen and oxygen atoms in total. The van der Waals surface area contributed by atoms with Gasteiger partial charge in [-0.05, 0) is 47.2 Å². The molecular formula is C11H13IN2O. The van der Waals surface area contributed by atoms with E-state index in [2.05, 4.69) is 28.7 Å². The van der Waals surface area contributed by atoms with Gasteiger partial charge in [-0.25, -0.2) is 0 Å². The number of rotatable bonds is 1. The van der Waals surface area contributed by atoms with Crippen LogP contribution in [0.15, 0.2) is 18.2 Å². The lowest BCUT2D eigenvalue weighted by Crippen LogP contribution is -2.28. The minimum atomic E-state index is -0.0189. The fourth-order valence-corrected chi connectivity index (χ4v) is 2.76. The second-order valence-corrected chi connectivity index (χ2v) is 5.09. The molecule has 1 saturated heterocycles. The first-order valence-electron chi connectivity index (χ1n) is 4.90. The number of carbonyl (C=O) groups excluding carboxylic acids is 1. The molecule has 0 bridgehead atoms. The summed E-state index contributed by atoms with van der Waals surface area (Å²) in [7, 11) is 0. The van der Waals surface area contributed by atoms with E-state index in [1.165, 1.54) is 5.56 Å². The summed E-state index contributed by atoms with van der Waals surface area (Å²) in [6.07, 6.45) is 0.462. The second kappa shape index (κ2) is 4.09. The average Bonchev–Trinajstić information content (AvgIpc) is 2.45. The van der Waals surface area contributed by atoms with Crippen molar-refractivity contribution in [3.63, 3.8) is 0 Å². The maximum Gasteiger partial charge on any atom is 0.228 e. The standard InChI is InChI=1S/C11H13IN2O/c1-7-2-3-10(9(12)4-7)14-6-8(13)5-11(14)15/h2-4,8H,5-6,13H2,1H3. The van der Waals surface area contributed by atoms with Crippen LogP contribution in [0, 0.1) is 10.5 Å². The third-order valence-corrected chi connectivity index (χ3v) is 3.41. The van der Waals surface area contributed by atoms with Crippen molar-refractivity contribution in [2.24, 2.45) is 5.73 Å². The Hall–Kier alpha value is -0.620. The van der Waals surface area contributed by atoms with Crippen LogP contribution in [0.2, 0.25) is 0 Å². The Labute approximate surface area is 103 Å². The molecule has 0 saturated carbocycles. The van der Waals surface area contributed by atoms with Crippen molar-refractivity contribution in [2.45, 2.75) is 19.4 Å². The Morgan fingerprint density at radius 3 is 2.80 bits per heavy atom. The highest BCUT2D eigenvalue weighted by Crippen LogP contribution is 2.27. The van der Waals surface area contributed by atoms with Gasteiger partial charge in [0.25, 0.3) is 0 Å². The Bertz CT molecular complexity index is 406. The van der Waals surface area contributed by atoms with Crippen molar-refractivity contribution in [2.75, 3.05) is 11.4 Å². The number of carbonyl (C=O) groups is 1. The molecule has 4 heteroatoms. The molecule has 1 aliphatic heterocycles. The molecule has 0 aliphatic carbocycles. The van der Waals surface area contributed by atoms with Gasteiger partial charge in [-0.3, -0.25) is 4.79 Å². The molecular weight excluding hydrogens is 303 g/mol. The topological polar surface area (TPSA) is 46.3 Å². The predicted molar refractivity (Wildman–Crippen MR) is 68.8 cm³/mol. The lowest BCUT2D eigenvalue weighted by Gasteiger charge is -2.18. The molecule has 0 spiro atoms. The van der Waals surface area contributed by atoms with Gasteiger partial charge in [0.15, 0.2) is 0 Å². The monoisotopic (exact) mass is 316 g/mol. The van der Waals surface area contributed by atoms with Crippen molar-refractivity contribution in [3.05, 3.63) is 27.3 Å². The maximum atomic E-state index is 11.7. The van der Waals surface area contributed by atoms with Gasteiger partial charge in [0.05, 0.1) is 5.69 Å². The van der Waals surface area contributed by atoms with Gasteiger partial charge in [-0.2, -0.15) is 0 Å². The molecule has 1 aliphatic rings. The highest BCUT2D eigenvalue weighted by Gasteiger charge is 2.28. The van der Waals surface area contributed by atoms with Gasteiger partial charge in [0.1, 0.15) is 0 Å². The van der Waals surface area contributed by atoms with Crippen LogP contribution in [0.3, 0.4) is 0 Å². The maximum absolute atomic E-state index is 11.7. The molecule has 2 N–H and O–H groups in total. The van der Waals surface area contributed by atoms with Crippen LogP contribution in [0.1, 0.15) is 12.0 Å². The van der Waals surface area contributed by atoms with Crippen LogP contribution >= 0.6 is 22.6 Å². The number of amides is 1. The van der Waals surface area contributed by atoms with Gasteiger partial charge < -0.3 is 10.6 Å². The number of anilines is 1. The number of aryl methyl sites for hydroxylation is 1. The summed E-state index contributed by atoms with van der Waals surface area (Å²) in [6.45, 7) is 2.68. The Morgan fingerprint density at radius 1 is 1.53 bits per heavy atom. The van der Waals surface area contributed by atoms with Crippen LogP contribution in [-0.4, -0.2) is 18.5 Å². The summed E-state index contributed by atoms with van der Waals surface area (Å²) < 4.78 is 1.11. The van der Waals surface area contributed by atoms with E-state index in [9.17, 15) is 4.79 Å². The SMILES string of the molecule is Cc1ccc(N2CC(N)CC2=O)c(I)c1. The zero-order valence-corrected chi connectivity index (χ0v) is 10.7. The number of benzene rings is 1. The van der Waals surface area contributed by atoms with E-state index in [4.69, 9.17) is 5.73 Å². The summed E-state index contributed by atoms with van der Waals surface area (Å²) in [5.41, 5.74) is 7.96. The van der Waals surface area contributed by atoms with Crippen molar-refractivity contribution in [3.8, 4) is 0 Å². The molecule has 1 atom stereocenters. The highest BCUT2D eigenvalue weighted by atomic mass is 127. The summed E-state index contributed by atoms with van der Waals surface area (Å²) in [6, 6.07) is 6.07. The first-order valence-corrected chi connectivity index (χ1v) is 5.98. The molecule has 0 radical (unpaired) electrons. The Kier molecular flexibility index (Phi) is 2.97. The van der Waals surface area contributed by atoms with Crippen molar-refractivity contribution >= 4 is 34.2 Å². The average molecular weight is 316 g/mol. The zero-order valence-electron chi connectivity index (χ0n) is 8.53. The van der Waals surface area contributed by atoms with E-state index < -0.39 is 0 Å². The molecule has 1 fully saturated rings. The van der Waals surface area contributed by atoms with E-state index >= 15 is 0 Å². The van der Waals surface area contributed by atoms with Crippen LogP contribution < -0.4 is 10.6 Å². The first-order chi connectivity index (χ1) is 7.08. The van der Waals surface area contributed by atoms with Crippen molar-refractivity contribution in [1.29, 1.82) is 0 Å². The second-order valence-electron chi connectivity index (χ2n) is 3.92. The summed E-state index contributed by atoms with van der Waals surface area (Å²) in [5, 5.41) is 0. The minimum Gasteiger partial charge on any atom is -0.326 e. The van der Waals surface area contributed by atoms with E-state index in [0.29, 0.717) is 13.0 Å². The van der Waals surface area contributed by atoms with E-state index in [1.807, 2.05) is 19.1 Å². The Morgan fingerprint density at radius 2 is 2.27 bits per heavy atom. The number of hydrogen-bond acceptors (Lipinski definition) is 2. The molecule has 0 aromatic heterocycles. The van der Waals surface area contributed by atoms with Gasteiger partial charge in [-0.15, -0.1) is 0 Å². The van der Waals surface area contributed by atoms with E-state index in [1.54, 1.807) is 4.90 Å². The number of nitrogens with two attached hydrogens (primary N) is 1. The Balaban J connectivity index is 2.34. The van der Waals surface area contributed by atoms with E-state index in [-0.39, 0.29) is 11.9 Å². The number of halogens is 1. The smallest absolute Gasteiger partial charge is 0.228 e. The van der Waals surface area contributed by atoms with Crippen molar-refractivity contribution < 1.29 is 4.79 Å². The van der Waals surface area contributed by atoms with Gasteiger partial charge in [-0.1, -0.05) is 6.07 Å². The molecule has 1 aromatic rings. The van der Waals surface area contributed by atoms with Gasteiger partial charge in [0, 0.05) is 22.6 Å². The quantitative estimate of drug-likeness (QED) is 0.801. The zero-order chi connectivity index (χ0) is 11.0. The summed E-state index contributed by atoms with van der Waals surface area (Å²) in [4.78, 5) is 13.4. The molecule has 1 heterocycles. The van der Waals surface area contributed by atoms with Crippen LogP contribution in [-0.2, 0) is 4.79 Å². The number of nitrogens with zero attached hydrogens (tertiary/aromatic N) is 1. The lowest BCUT2D eigenvalue weighted by molar-refractivity contribution is -0.117. The molecule has 80 valence electrons. The normalized spacial score (nSPS) is 21.1. The molecule has 1 amide bonds. The fraction of sp³-hybridized carbons (Fsp3) is 0.364. The molecule has 1 unspecified atom stereocenters. The summed E-state index contributed by atoms with van der Waals surface area (Å²) >= 11 is 2.26. The van der Waals surface area contributed by atoms with Crippen LogP contribution in [0.5, 0.6) is 0 Å². The summed E-state index contributed by atoms with van der Waals surface area (Å²) in [5.74, 6) is 0.129. The molecule has 2 rings (SSSR count). The lowest BCUT2D eigenvalue weighted by atomic mass is 10.2. The fourth-order valence-electron chi connectivity index (χ4n) is 1.80. The van der Waals surface area contributed by atoms with Gasteiger partial charge in [0.2, 0.25) is 5.91 Å². The highest BCUT2D eigenvalue weighted by molar-refractivity contribution is 14.1. The molecule has 1 aromatic carbocycles. The predicted octanol–water partition coefficient (Wildman–Crippen LogP) is 1.66. The first kappa shape index (κ1) is 10.9. The van der Waals surface area contributed by atoms with Crippen LogP contribution in [0.4, 0.5) is 5.69 Å². The van der Waals surface area contributed by atoms with Crippen LogP contribution in [0.25, 0.3) is 0 Å². The van der Waals surface area contributed by atoms with Crippen molar-refractivity contribution in [1.82, 2.24) is 0 Å². The third kappa shape index (κ3) is 2.15. The third-order valence-electron chi connectivity index (χ3n) is 2.55.